The normalized spacial score (nSPS) is 27.6. The van der Waals surface area contributed by atoms with Gasteiger partial charge < -0.3 is 10.6 Å². The van der Waals surface area contributed by atoms with Crippen LogP contribution in [0.5, 0.6) is 0 Å². The van der Waals surface area contributed by atoms with Crippen LogP contribution in [0.1, 0.15) is 12.8 Å². The van der Waals surface area contributed by atoms with E-state index in [4.69, 9.17) is 5.73 Å². The van der Waals surface area contributed by atoms with E-state index in [0.717, 1.165) is 25.9 Å². The first kappa shape index (κ1) is 12.9. The summed E-state index contributed by atoms with van der Waals surface area (Å²) in [6, 6.07) is 4.41. The summed E-state index contributed by atoms with van der Waals surface area (Å²) in [5.41, 5.74) is 5.87. The molecule has 5 nitrogen and oxygen atoms in total. The molecule has 2 aliphatic heterocycles. The molecule has 2 N–H and O–H groups in total. The van der Waals surface area contributed by atoms with Crippen LogP contribution < -0.4 is 5.73 Å². The highest BCUT2D eigenvalue weighted by Crippen LogP contribution is 2.48. The van der Waals surface area contributed by atoms with Crippen molar-refractivity contribution < 1.29 is 0 Å². The summed E-state index contributed by atoms with van der Waals surface area (Å²) >= 11 is 4.25. The number of amidine groups is 1. The van der Waals surface area contributed by atoms with E-state index >= 15 is 0 Å². The van der Waals surface area contributed by atoms with E-state index in [1.54, 1.807) is 0 Å². The average Bonchev–Trinajstić information content (AvgIpc) is 2.33. The van der Waals surface area contributed by atoms with Crippen LogP contribution in [-0.2, 0) is 0 Å². The number of allylic oxidation sites excluding steroid dienone is 1. The Hall–Kier alpha value is -1.50. The third-order valence-corrected chi connectivity index (χ3v) is 4.25. The van der Waals surface area contributed by atoms with Crippen molar-refractivity contribution >= 4 is 18.5 Å². The summed E-state index contributed by atoms with van der Waals surface area (Å²) in [6.45, 7) is 1.69. The van der Waals surface area contributed by atoms with Gasteiger partial charge in [0, 0.05) is 5.41 Å². The lowest BCUT2D eigenvalue weighted by molar-refractivity contribution is 0.140. The van der Waals surface area contributed by atoms with Crippen molar-refractivity contribution in [3.8, 4) is 12.1 Å². The molecule has 0 bridgehead atoms. The summed E-state index contributed by atoms with van der Waals surface area (Å²) in [5.74, 6) is -0.234. The van der Waals surface area contributed by atoms with E-state index in [-0.39, 0.29) is 5.84 Å². The number of aliphatic imine (C=N–C) groups is 1. The van der Waals surface area contributed by atoms with Gasteiger partial charge in [-0.05, 0) is 33.0 Å². The lowest BCUT2D eigenvalue weighted by atomic mass is 9.63. The maximum Gasteiger partial charge on any atom is 0.119 e. The zero-order valence-electron chi connectivity index (χ0n) is 10.2. The summed E-state index contributed by atoms with van der Waals surface area (Å²) in [5, 5.41) is 19.1. The third kappa shape index (κ3) is 1.78. The SMILES string of the molecule is CN1CCC2(CC1)C(C#N)=C(S)N=C(N)C2C#N. The van der Waals surface area contributed by atoms with Gasteiger partial charge in [0.25, 0.3) is 0 Å². The Balaban J connectivity index is 2.52. The summed E-state index contributed by atoms with van der Waals surface area (Å²) in [4.78, 5) is 6.22. The molecule has 0 aliphatic carbocycles. The Labute approximate surface area is 112 Å². The van der Waals surface area contributed by atoms with E-state index in [9.17, 15) is 10.5 Å². The standard InChI is InChI=1S/C12H15N5S/c1-17-4-2-12(3-5-17)8(6-13)10(15)16-11(18)9(12)7-14/h8,18H,2-5H2,1H3,(H2,15,16). The Morgan fingerprint density at radius 2 is 2.06 bits per heavy atom. The molecule has 0 aromatic carbocycles. The van der Waals surface area contributed by atoms with Crippen LogP contribution in [0.25, 0.3) is 0 Å². The van der Waals surface area contributed by atoms with Crippen LogP contribution in [0.4, 0.5) is 0 Å². The molecule has 0 radical (unpaired) electrons. The average molecular weight is 261 g/mol. The fourth-order valence-electron chi connectivity index (χ4n) is 2.80. The molecule has 1 spiro atoms. The van der Waals surface area contributed by atoms with Crippen LogP contribution in [0.2, 0.25) is 0 Å². The maximum absolute atomic E-state index is 9.36. The second kappa shape index (κ2) is 4.64. The van der Waals surface area contributed by atoms with Gasteiger partial charge in [-0.15, -0.1) is 12.6 Å². The molecule has 1 atom stereocenters. The fourth-order valence-corrected chi connectivity index (χ4v) is 3.19. The smallest absolute Gasteiger partial charge is 0.119 e. The molecule has 94 valence electrons. The molecule has 0 amide bonds. The molecule has 1 saturated heterocycles. The second-order valence-electron chi connectivity index (χ2n) is 4.87. The highest BCUT2D eigenvalue weighted by atomic mass is 32.1. The Morgan fingerprint density at radius 1 is 1.44 bits per heavy atom. The van der Waals surface area contributed by atoms with Gasteiger partial charge >= 0.3 is 0 Å². The van der Waals surface area contributed by atoms with Gasteiger partial charge in [-0.25, -0.2) is 4.99 Å². The summed E-state index contributed by atoms with van der Waals surface area (Å²) in [6.07, 6.45) is 1.48. The van der Waals surface area contributed by atoms with Crippen molar-refractivity contribution in [2.24, 2.45) is 22.1 Å². The van der Waals surface area contributed by atoms with Gasteiger partial charge in [-0.3, -0.25) is 0 Å². The molecule has 6 heteroatoms. The van der Waals surface area contributed by atoms with Crippen LogP contribution in [0.3, 0.4) is 0 Å². The molecule has 0 aromatic heterocycles. The van der Waals surface area contributed by atoms with Crippen molar-refractivity contribution in [3.05, 3.63) is 10.6 Å². The minimum Gasteiger partial charge on any atom is -0.386 e. The summed E-state index contributed by atoms with van der Waals surface area (Å²) in [7, 11) is 2.03. The number of hydrogen-bond acceptors (Lipinski definition) is 6. The van der Waals surface area contributed by atoms with Gasteiger partial charge in [0.05, 0.1) is 17.7 Å². The molecule has 2 rings (SSSR count). The number of nitriles is 2. The number of nitrogens with zero attached hydrogens (tertiary/aromatic N) is 4. The van der Waals surface area contributed by atoms with Crippen molar-refractivity contribution in [2.75, 3.05) is 20.1 Å². The van der Waals surface area contributed by atoms with E-state index in [2.05, 4.69) is 34.7 Å². The van der Waals surface area contributed by atoms with E-state index in [1.165, 1.54) is 0 Å². The molecule has 0 saturated carbocycles. The molecule has 2 heterocycles. The predicted molar refractivity (Wildman–Crippen MR) is 71.5 cm³/mol. The molecule has 1 fully saturated rings. The van der Waals surface area contributed by atoms with Crippen molar-refractivity contribution in [3.63, 3.8) is 0 Å². The van der Waals surface area contributed by atoms with Gasteiger partial charge in [-0.1, -0.05) is 0 Å². The minimum absolute atomic E-state index is 0.283. The molecule has 18 heavy (non-hydrogen) atoms. The minimum atomic E-state index is -0.517. The Bertz CT molecular complexity index is 500. The number of rotatable bonds is 0. The van der Waals surface area contributed by atoms with Crippen molar-refractivity contribution in [1.29, 1.82) is 10.5 Å². The Kier molecular flexibility index (Phi) is 3.34. The van der Waals surface area contributed by atoms with Crippen LogP contribution in [-0.4, -0.2) is 30.9 Å². The highest BCUT2D eigenvalue weighted by Gasteiger charge is 2.49. The van der Waals surface area contributed by atoms with Crippen LogP contribution in [0.15, 0.2) is 15.6 Å². The zero-order valence-corrected chi connectivity index (χ0v) is 11.1. The number of likely N-dealkylation sites (tertiary alicyclic amines) is 1. The largest absolute Gasteiger partial charge is 0.386 e. The third-order valence-electron chi connectivity index (χ3n) is 3.93. The van der Waals surface area contributed by atoms with Crippen molar-refractivity contribution in [1.82, 2.24) is 4.90 Å². The molecule has 2 aliphatic rings. The maximum atomic E-state index is 9.36. The van der Waals surface area contributed by atoms with Gasteiger partial charge in [0.2, 0.25) is 0 Å². The zero-order chi connectivity index (χ0) is 13.3. The number of piperidine rings is 1. The topological polar surface area (TPSA) is 89.2 Å². The number of hydrogen-bond donors (Lipinski definition) is 2. The summed E-state index contributed by atoms with van der Waals surface area (Å²) < 4.78 is 0. The van der Waals surface area contributed by atoms with Gasteiger partial charge in [0.15, 0.2) is 0 Å². The van der Waals surface area contributed by atoms with Crippen molar-refractivity contribution in [2.45, 2.75) is 12.8 Å². The van der Waals surface area contributed by atoms with E-state index < -0.39 is 11.3 Å². The van der Waals surface area contributed by atoms with Gasteiger partial charge in [-0.2, -0.15) is 10.5 Å². The predicted octanol–water partition coefficient (Wildman–Crippen LogP) is 0.874. The first-order valence-corrected chi connectivity index (χ1v) is 6.26. The van der Waals surface area contributed by atoms with Crippen LogP contribution >= 0.6 is 12.6 Å². The first-order valence-electron chi connectivity index (χ1n) is 5.81. The molecule has 0 aromatic rings. The lowest BCUT2D eigenvalue weighted by Gasteiger charge is -2.44. The first-order chi connectivity index (χ1) is 8.55. The highest BCUT2D eigenvalue weighted by molar-refractivity contribution is 7.84. The second-order valence-corrected chi connectivity index (χ2v) is 5.29. The molecule has 1 unspecified atom stereocenters. The molecular formula is C12H15N5S. The van der Waals surface area contributed by atoms with E-state index in [0.29, 0.717) is 10.6 Å². The number of thiol groups is 1. The number of nitrogens with two attached hydrogens (primary N) is 1. The quantitative estimate of drug-likeness (QED) is 0.633. The lowest BCUT2D eigenvalue weighted by Crippen LogP contribution is -2.49. The Morgan fingerprint density at radius 3 is 2.56 bits per heavy atom. The van der Waals surface area contributed by atoms with Gasteiger partial charge in [0.1, 0.15) is 16.8 Å². The fraction of sp³-hybridized carbons (Fsp3) is 0.583. The molecular weight excluding hydrogens is 246 g/mol. The van der Waals surface area contributed by atoms with Crippen LogP contribution in [0, 0.1) is 34.0 Å². The van der Waals surface area contributed by atoms with E-state index in [1.807, 2.05) is 7.05 Å². The monoisotopic (exact) mass is 261 g/mol.